The van der Waals surface area contributed by atoms with Crippen LogP contribution in [0.1, 0.15) is 42.0 Å². The molecule has 0 aliphatic heterocycles. The maximum absolute atomic E-state index is 9.15. The van der Waals surface area contributed by atoms with Gasteiger partial charge in [-0.3, -0.25) is 0 Å². The van der Waals surface area contributed by atoms with E-state index in [2.05, 4.69) is 49.5 Å². The maximum Gasteiger partial charge on any atom is 0.101 e. The first-order valence-electron chi connectivity index (χ1n) is 6.94. The first kappa shape index (κ1) is 14.1. The van der Waals surface area contributed by atoms with Crippen molar-refractivity contribution < 1.29 is 0 Å². The van der Waals surface area contributed by atoms with Crippen LogP contribution in [0.15, 0.2) is 42.5 Å². The molecule has 0 fully saturated rings. The molecule has 0 heterocycles. The monoisotopic (exact) mass is 264 g/mol. The molecule has 2 heteroatoms. The van der Waals surface area contributed by atoms with Crippen molar-refractivity contribution in [3.8, 4) is 6.07 Å². The van der Waals surface area contributed by atoms with Crippen LogP contribution in [0.4, 0.5) is 5.69 Å². The number of para-hydroxylation sites is 1. The summed E-state index contributed by atoms with van der Waals surface area (Å²) in [7, 11) is 0. The van der Waals surface area contributed by atoms with Crippen molar-refractivity contribution >= 4 is 5.69 Å². The molecule has 0 radical (unpaired) electrons. The predicted molar refractivity (Wildman–Crippen MR) is 83.8 cm³/mol. The van der Waals surface area contributed by atoms with Gasteiger partial charge in [0.2, 0.25) is 0 Å². The van der Waals surface area contributed by atoms with Gasteiger partial charge in [0.15, 0.2) is 0 Å². The second-order valence-electron chi connectivity index (χ2n) is 5.36. The van der Waals surface area contributed by atoms with E-state index in [-0.39, 0.29) is 0 Å². The van der Waals surface area contributed by atoms with Gasteiger partial charge in [0.05, 0.1) is 11.3 Å². The van der Waals surface area contributed by atoms with E-state index in [0.717, 1.165) is 17.8 Å². The van der Waals surface area contributed by atoms with Crippen LogP contribution in [0.5, 0.6) is 0 Å². The fraction of sp³-hybridized carbons (Fsp3) is 0.278. The SMILES string of the molecule is Cc1cccc(C#N)c1NCc1ccc(C(C)C)cc1. The van der Waals surface area contributed by atoms with Gasteiger partial charge in [0.1, 0.15) is 6.07 Å². The highest BCUT2D eigenvalue weighted by molar-refractivity contribution is 5.62. The van der Waals surface area contributed by atoms with Crippen molar-refractivity contribution in [1.29, 1.82) is 5.26 Å². The number of nitrogens with one attached hydrogen (secondary N) is 1. The van der Waals surface area contributed by atoms with Crippen LogP contribution in [0.2, 0.25) is 0 Å². The standard InChI is InChI=1S/C18H20N2/c1-13(2)16-9-7-15(8-10-16)12-20-18-14(3)5-4-6-17(18)11-19/h4-10,13,20H,12H2,1-3H3. The van der Waals surface area contributed by atoms with Crippen molar-refractivity contribution in [2.24, 2.45) is 0 Å². The molecule has 0 atom stereocenters. The number of hydrogen-bond acceptors (Lipinski definition) is 2. The minimum Gasteiger partial charge on any atom is -0.380 e. The Morgan fingerprint density at radius 1 is 1.10 bits per heavy atom. The van der Waals surface area contributed by atoms with Crippen LogP contribution in [0.3, 0.4) is 0 Å². The smallest absolute Gasteiger partial charge is 0.101 e. The Labute approximate surface area is 121 Å². The summed E-state index contributed by atoms with van der Waals surface area (Å²) in [5.41, 5.74) is 5.30. The minimum atomic E-state index is 0.554. The van der Waals surface area contributed by atoms with Crippen molar-refractivity contribution in [2.75, 3.05) is 5.32 Å². The second kappa shape index (κ2) is 6.25. The first-order chi connectivity index (χ1) is 9.61. The normalized spacial score (nSPS) is 10.3. The lowest BCUT2D eigenvalue weighted by Gasteiger charge is -2.12. The van der Waals surface area contributed by atoms with Gasteiger partial charge in [-0.25, -0.2) is 0 Å². The van der Waals surface area contributed by atoms with Gasteiger partial charge < -0.3 is 5.32 Å². The van der Waals surface area contributed by atoms with Gasteiger partial charge >= 0.3 is 0 Å². The summed E-state index contributed by atoms with van der Waals surface area (Å²) in [6.45, 7) is 7.14. The van der Waals surface area contributed by atoms with Crippen LogP contribution in [-0.2, 0) is 6.54 Å². The Morgan fingerprint density at radius 3 is 2.40 bits per heavy atom. The Hall–Kier alpha value is -2.27. The molecule has 2 aromatic carbocycles. The Bertz CT molecular complexity index is 619. The molecule has 0 saturated carbocycles. The molecular formula is C18H20N2. The summed E-state index contributed by atoms with van der Waals surface area (Å²) >= 11 is 0. The third-order valence-electron chi connectivity index (χ3n) is 3.51. The van der Waals surface area contributed by atoms with E-state index in [1.54, 1.807) is 0 Å². The molecule has 2 nitrogen and oxygen atoms in total. The van der Waals surface area contributed by atoms with Crippen molar-refractivity contribution in [2.45, 2.75) is 33.2 Å². The number of rotatable bonds is 4. The molecule has 0 amide bonds. The summed E-state index contributed by atoms with van der Waals surface area (Å²) in [6.07, 6.45) is 0. The molecule has 102 valence electrons. The number of hydrogen-bond donors (Lipinski definition) is 1. The lowest BCUT2D eigenvalue weighted by molar-refractivity contribution is 0.865. The number of aryl methyl sites for hydroxylation is 1. The van der Waals surface area contributed by atoms with E-state index in [0.29, 0.717) is 11.5 Å². The average Bonchev–Trinajstić information content (AvgIpc) is 2.46. The van der Waals surface area contributed by atoms with Gasteiger partial charge in [-0.2, -0.15) is 5.26 Å². The maximum atomic E-state index is 9.15. The lowest BCUT2D eigenvalue weighted by atomic mass is 10.0. The Morgan fingerprint density at radius 2 is 1.80 bits per heavy atom. The number of nitrogens with zero attached hydrogens (tertiary/aromatic N) is 1. The number of nitriles is 1. The Kier molecular flexibility index (Phi) is 4.42. The molecule has 1 N–H and O–H groups in total. The minimum absolute atomic E-state index is 0.554. The zero-order valence-corrected chi connectivity index (χ0v) is 12.3. The third-order valence-corrected chi connectivity index (χ3v) is 3.51. The van der Waals surface area contributed by atoms with Crippen LogP contribution >= 0.6 is 0 Å². The van der Waals surface area contributed by atoms with Crippen LogP contribution in [0.25, 0.3) is 0 Å². The van der Waals surface area contributed by atoms with Gasteiger partial charge in [0, 0.05) is 6.54 Å². The zero-order chi connectivity index (χ0) is 14.5. The quantitative estimate of drug-likeness (QED) is 0.875. The molecule has 0 bridgehead atoms. The third kappa shape index (κ3) is 3.19. The van der Waals surface area contributed by atoms with Gasteiger partial charge in [-0.05, 0) is 35.6 Å². The molecular weight excluding hydrogens is 244 g/mol. The molecule has 0 aliphatic rings. The second-order valence-corrected chi connectivity index (χ2v) is 5.36. The molecule has 2 aromatic rings. The van der Waals surface area contributed by atoms with Gasteiger partial charge in [-0.1, -0.05) is 50.2 Å². The van der Waals surface area contributed by atoms with Crippen LogP contribution in [0, 0.1) is 18.3 Å². The molecule has 2 rings (SSSR count). The van der Waals surface area contributed by atoms with E-state index in [1.165, 1.54) is 11.1 Å². The topological polar surface area (TPSA) is 35.8 Å². The summed E-state index contributed by atoms with van der Waals surface area (Å²) in [5, 5.41) is 12.5. The predicted octanol–water partition coefficient (Wildman–Crippen LogP) is 4.60. The van der Waals surface area contributed by atoms with Crippen molar-refractivity contribution in [3.63, 3.8) is 0 Å². The molecule has 0 aliphatic carbocycles. The molecule has 0 unspecified atom stereocenters. The summed E-state index contributed by atoms with van der Waals surface area (Å²) in [6, 6.07) is 16.6. The highest BCUT2D eigenvalue weighted by Crippen LogP contribution is 2.21. The molecule has 0 aromatic heterocycles. The van der Waals surface area contributed by atoms with E-state index >= 15 is 0 Å². The van der Waals surface area contributed by atoms with Crippen molar-refractivity contribution in [3.05, 3.63) is 64.7 Å². The first-order valence-corrected chi connectivity index (χ1v) is 6.94. The summed E-state index contributed by atoms with van der Waals surface area (Å²) < 4.78 is 0. The average molecular weight is 264 g/mol. The zero-order valence-electron chi connectivity index (χ0n) is 12.3. The molecule has 0 saturated heterocycles. The number of anilines is 1. The lowest BCUT2D eigenvalue weighted by Crippen LogP contribution is -2.03. The molecule has 20 heavy (non-hydrogen) atoms. The fourth-order valence-corrected chi connectivity index (χ4v) is 2.21. The fourth-order valence-electron chi connectivity index (χ4n) is 2.21. The van der Waals surface area contributed by atoms with E-state index in [9.17, 15) is 0 Å². The summed E-state index contributed by atoms with van der Waals surface area (Å²) in [4.78, 5) is 0. The number of benzene rings is 2. The van der Waals surface area contributed by atoms with Crippen molar-refractivity contribution in [1.82, 2.24) is 0 Å². The van der Waals surface area contributed by atoms with E-state index < -0.39 is 0 Å². The van der Waals surface area contributed by atoms with Gasteiger partial charge in [0.25, 0.3) is 0 Å². The summed E-state index contributed by atoms with van der Waals surface area (Å²) in [5.74, 6) is 0.554. The highest BCUT2D eigenvalue weighted by atomic mass is 14.9. The Balaban J connectivity index is 2.11. The van der Waals surface area contributed by atoms with Gasteiger partial charge in [-0.15, -0.1) is 0 Å². The van der Waals surface area contributed by atoms with Crippen LogP contribution in [-0.4, -0.2) is 0 Å². The van der Waals surface area contributed by atoms with Crippen LogP contribution < -0.4 is 5.32 Å². The largest absolute Gasteiger partial charge is 0.380 e. The van der Waals surface area contributed by atoms with E-state index in [1.807, 2.05) is 25.1 Å². The van der Waals surface area contributed by atoms with E-state index in [4.69, 9.17) is 5.26 Å². The highest BCUT2D eigenvalue weighted by Gasteiger charge is 2.05. The molecule has 0 spiro atoms.